The second-order valence-electron chi connectivity index (χ2n) is 16.5. The van der Waals surface area contributed by atoms with E-state index in [4.69, 9.17) is 0 Å². The van der Waals surface area contributed by atoms with Gasteiger partial charge < -0.3 is 0 Å². The Morgan fingerprint density at radius 1 is 0.688 bits per heavy atom. The molecule has 0 spiro atoms. The van der Waals surface area contributed by atoms with E-state index in [1.165, 1.54) is 64.2 Å². The lowest BCUT2D eigenvalue weighted by molar-refractivity contribution is -0.206. The zero-order valence-corrected chi connectivity index (χ0v) is 23.4. The maximum absolute atomic E-state index is 2.86. The first-order valence-corrected chi connectivity index (χ1v) is 14.2. The highest BCUT2D eigenvalue weighted by molar-refractivity contribution is 5.33. The molecule has 4 saturated carbocycles. The molecule has 0 aromatic rings. The lowest BCUT2D eigenvalue weighted by Crippen LogP contribution is -2.64. The highest BCUT2D eigenvalue weighted by Crippen LogP contribution is 2.77. The van der Waals surface area contributed by atoms with Crippen LogP contribution in [0.5, 0.6) is 0 Å². The Balaban J connectivity index is 1.57. The van der Waals surface area contributed by atoms with Crippen LogP contribution in [0, 0.1) is 55.7 Å². The molecule has 0 saturated heterocycles. The van der Waals surface area contributed by atoms with Crippen LogP contribution in [-0.4, -0.2) is 0 Å². The van der Waals surface area contributed by atoms with E-state index in [-0.39, 0.29) is 0 Å². The molecule has 0 N–H and O–H groups in total. The minimum Gasteiger partial charge on any atom is -0.0841 e. The highest BCUT2D eigenvalue weighted by Gasteiger charge is 2.68. The lowest BCUT2D eigenvalue weighted by atomic mass is 9.32. The third kappa shape index (κ3) is 2.74. The van der Waals surface area contributed by atoms with Crippen LogP contribution in [0.15, 0.2) is 11.6 Å². The van der Waals surface area contributed by atoms with Gasteiger partial charge in [-0.25, -0.2) is 0 Å². The Labute approximate surface area is 200 Å². The minimum atomic E-state index is 0.415. The fourth-order valence-electron chi connectivity index (χ4n) is 10.8. The van der Waals surface area contributed by atoms with E-state index in [9.17, 15) is 0 Å². The van der Waals surface area contributed by atoms with Gasteiger partial charge in [-0.05, 0) is 120 Å². The Bertz CT molecular complexity index is 825. The van der Waals surface area contributed by atoms with Gasteiger partial charge in [-0.3, -0.25) is 0 Å². The Kier molecular flexibility index (Phi) is 4.76. The minimum absolute atomic E-state index is 0.415. The number of rotatable bonds is 0. The van der Waals surface area contributed by atoms with Gasteiger partial charge in [0, 0.05) is 0 Å². The zero-order chi connectivity index (χ0) is 23.6. The predicted molar refractivity (Wildman–Crippen MR) is 138 cm³/mol. The summed E-state index contributed by atoms with van der Waals surface area (Å²) in [6.45, 7) is 26.4. The molecule has 0 heteroatoms. The molecular formula is C32H54. The van der Waals surface area contributed by atoms with Gasteiger partial charge in [-0.1, -0.05) is 80.9 Å². The molecule has 0 nitrogen and oxygen atoms in total. The van der Waals surface area contributed by atoms with Gasteiger partial charge in [0.15, 0.2) is 0 Å². The molecule has 0 aliphatic heterocycles. The van der Waals surface area contributed by atoms with Crippen LogP contribution in [-0.2, 0) is 0 Å². The first-order valence-electron chi connectivity index (χ1n) is 14.2. The van der Waals surface area contributed by atoms with Crippen LogP contribution >= 0.6 is 0 Å². The molecule has 5 aliphatic carbocycles. The van der Waals surface area contributed by atoms with E-state index in [2.05, 4.69) is 75.3 Å². The molecule has 7 atom stereocenters. The fraction of sp³-hybridized carbons (Fsp3) is 0.938. The summed E-state index contributed by atoms with van der Waals surface area (Å²) in [5, 5.41) is 0. The van der Waals surface area contributed by atoms with E-state index in [0.29, 0.717) is 37.9 Å². The van der Waals surface area contributed by atoms with Gasteiger partial charge >= 0.3 is 0 Å². The maximum Gasteiger partial charge on any atom is -0.00565 e. The zero-order valence-electron chi connectivity index (χ0n) is 23.4. The van der Waals surface area contributed by atoms with Gasteiger partial charge in [0.25, 0.3) is 0 Å². The normalized spacial score (nSPS) is 53.2. The van der Waals surface area contributed by atoms with E-state index in [1.54, 1.807) is 0 Å². The predicted octanol–water partition coefficient (Wildman–Crippen LogP) is 9.83. The molecule has 0 heterocycles. The van der Waals surface area contributed by atoms with Crippen molar-refractivity contribution in [2.24, 2.45) is 55.7 Å². The van der Waals surface area contributed by atoms with Gasteiger partial charge in [0.05, 0.1) is 0 Å². The molecule has 7 unspecified atom stereocenters. The number of hydrogen-bond donors (Lipinski definition) is 0. The van der Waals surface area contributed by atoms with Crippen molar-refractivity contribution in [3.8, 4) is 0 Å². The quantitative estimate of drug-likeness (QED) is 0.330. The summed E-state index contributed by atoms with van der Waals surface area (Å²) in [6.07, 6.45) is 17.2. The van der Waals surface area contributed by atoms with Gasteiger partial charge in [-0.15, -0.1) is 0 Å². The van der Waals surface area contributed by atoms with Crippen LogP contribution in [0.4, 0.5) is 0 Å². The first kappa shape index (κ1) is 23.5. The third-order valence-corrected chi connectivity index (χ3v) is 14.2. The highest BCUT2D eigenvalue weighted by atomic mass is 14.7. The smallest absolute Gasteiger partial charge is 0.00565 e. The van der Waals surface area contributed by atoms with Gasteiger partial charge in [-0.2, -0.15) is 0 Å². The average Bonchev–Trinajstić information content (AvgIpc) is 2.67. The average molecular weight is 439 g/mol. The van der Waals surface area contributed by atoms with Crippen LogP contribution in [0.3, 0.4) is 0 Å². The Morgan fingerprint density at radius 3 is 2.03 bits per heavy atom. The van der Waals surface area contributed by atoms with E-state index < -0.39 is 0 Å². The molecule has 32 heavy (non-hydrogen) atoms. The first-order chi connectivity index (χ1) is 14.5. The summed E-state index contributed by atoms with van der Waals surface area (Å²) in [4.78, 5) is 0. The lowest BCUT2D eigenvalue weighted by Gasteiger charge is -2.72. The van der Waals surface area contributed by atoms with Crippen molar-refractivity contribution in [1.29, 1.82) is 0 Å². The second kappa shape index (κ2) is 6.49. The summed E-state index contributed by atoms with van der Waals surface area (Å²) in [5.41, 5.74) is 5.29. The SMILES string of the molecule is CC1(C)CCC2(C)CCC3(C)C(=CCC4C5(C)CCC(C)(C)C(C)(C)C5CCC43C)C2C1. The monoisotopic (exact) mass is 438 g/mol. The number of hydrogen-bond acceptors (Lipinski definition) is 0. The molecule has 0 aromatic carbocycles. The number of fused-ring (bicyclic) bond motifs is 7. The molecule has 4 fully saturated rings. The summed E-state index contributed by atoms with van der Waals surface area (Å²) in [7, 11) is 0. The van der Waals surface area contributed by atoms with Crippen molar-refractivity contribution in [3.63, 3.8) is 0 Å². The second-order valence-corrected chi connectivity index (χ2v) is 16.5. The Hall–Kier alpha value is -0.260. The van der Waals surface area contributed by atoms with Crippen LogP contribution in [0.1, 0.15) is 133 Å². The standard InChI is InChI=1S/C32H54/c1-26(2)15-17-29(7)18-20-31(9)22(23(29)21-26)11-12-25-30(8)19-16-27(3,4)28(5,6)24(30)13-14-32(25,31)10/h11,23-25H,12-21H2,1-10H3. The molecule has 5 aliphatic rings. The largest absolute Gasteiger partial charge is 0.0841 e. The van der Waals surface area contributed by atoms with Crippen molar-refractivity contribution in [3.05, 3.63) is 11.6 Å². The van der Waals surface area contributed by atoms with Crippen molar-refractivity contribution in [2.75, 3.05) is 0 Å². The molecular weight excluding hydrogens is 384 g/mol. The van der Waals surface area contributed by atoms with E-state index >= 15 is 0 Å². The van der Waals surface area contributed by atoms with Crippen LogP contribution in [0.2, 0.25) is 0 Å². The van der Waals surface area contributed by atoms with Crippen molar-refractivity contribution in [1.82, 2.24) is 0 Å². The number of allylic oxidation sites excluding steroid dienone is 2. The molecule has 0 radical (unpaired) electrons. The topological polar surface area (TPSA) is 0 Å². The summed E-state index contributed by atoms with van der Waals surface area (Å²) in [6, 6.07) is 0. The van der Waals surface area contributed by atoms with Crippen molar-refractivity contribution < 1.29 is 0 Å². The third-order valence-electron chi connectivity index (χ3n) is 14.2. The Morgan fingerprint density at radius 2 is 1.34 bits per heavy atom. The fourth-order valence-corrected chi connectivity index (χ4v) is 10.8. The van der Waals surface area contributed by atoms with Gasteiger partial charge in [0.2, 0.25) is 0 Å². The van der Waals surface area contributed by atoms with Crippen molar-refractivity contribution >= 4 is 0 Å². The van der Waals surface area contributed by atoms with E-state index in [1.807, 2.05) is 5.57 Å². The summed E-state index contributed by atoms with van der Waals surface area (Å²) >= 11 is 0. The van der Waals surface area contributed by atoms with Gasteiger partial charge in [0.1, 0.15) is 0 Å². The molecule has 0 bridgehead atoms. The summed E-state index contributed by atoms with van der Waals surface area (Å²) in [5.74, 6) is 2.56. The van der Waals surface area contributed by atoms with Crippen LogP contribution in [0.25, 0.3) is 0 Å². The molecule has 0 amide bonds. The van der Waals surface area contributed by atoms with Crippen molar-refractivity contribution in [2.45, 2.75) is 133 Å². The van der Waals surface area contributed by atoms with E-state index in [0.717, 1.165) is 17.8 Å². The maximum atomic E-state index is 2.86. The van der Waals surface area contributed by atoms with Crippen LogP contribution < -0.4 is 0 Å². The molecule has 5 rings (SSSR count). The molecule has 182 valence electrons. The summed E-state index contributed by atoms with van der Waals surface area (Å²) < 4.78 is 0. The molecule has 0 aromatic heterocycles.